The molecule has 0 unspecified atom stereocenters. The van der Waals surface area contributed by atoms with E-state index in [4.69, 9.17) is 15.9 Å². The number of carboxylic acids is 2. The Morgan fingerprint density at radius 3 is 2.36 bits per heavy atom. The summed E-state index contributed by atoms with van der Waals surface area (Å²) in [6, 6.07) is -0.908. The molecule has 0 aromatic carbocycles. The van der Waals surface area contributed by atoms with Crippen molar-refractivity contribution in [1.29, 1.82) is 0 Å². The molecule has 0 amide bonds. The number of hydrogen-bond acceptors (Lipinski definition) is 3. The number of rotatable bonds is 5. The fourth-order valence-electron chi connectivity index (χ4n) is 0.344. The van der Waals surface area contributed by atoms with Crippen LogP contribution in [-0.4, -0.2) is 43.2 Å². The Labute approximate surface area is 69.7 Å². The van der Waals surface area contributed by atoms with Crippen molar-refractivity contribution in [2.24, 2.45) is 5.73 Å². The molecule has 0 rings (SSSR count). The number of aliphatic carboxylic acids is 2. The van der Waals surface area contributed by atoms with Crippen LogP contribution >= 0.6 is 0 Å². The van der Waals surface area contributed by atoms with Gasteiger partial charge < -0.3 is 0 Å². The predicted octanol–water partition coefficient (Wildman–Crippen LogP) is -0.976. The molecule has 0 fully saturated rings. The van der Waals surface area contributed by atoms with Crippen LogP contribution in [0, 0.1) is 0 Å². The van der Waals surface area contributed by atoms with E-state index < -0.39 is 18.0 Å². The van der Waals surface area contributed by atoms with E-state index in [-0.39, 0.29) is 25.6 Å². The zero-order chi connectivity index (χ0) is 8.85. The molecule has 0 aromatic heterocycles. The second-order valence-electron chi connectivity index (χ2n) is 1.85. The molecule has 1 atom stereocenters. The van der Waals surface area contributed by atoms with E-state index in [1.54, 1.807) is 0 Å². The van der Waals surface area contributed by atoms with Gasteiger partial charge in [0.25, 0.3) is 0 Å². The fourth-order valence-corrected chi connectivity index (χ4v) is 1.79. The van der Waals surface area contributed by atoms with E-state index in [0.717, 1.165) is 0 Å². The van der Waals surface area contributed by atoms with Crippen molar-refractivity contribution >= 4 is 26.9 Å². The van der Waals surface area contributed by atoms with E-state index in [9.17, 15) is 9.59 Å². The van der Waals surface area contributed by atoms with Crippen LogP contribution in [0.4, 0.5) is 0 Å². The molecule has 6 heteroatoms. The molecular weight excluding hydrogens is 217 g/mol. The van der Waals surface area contributed by atoms with Gasteiger partial charge in [0.05, 0.1) is 0 Å². The van der Waals surface area contributed by atoms with Crippen LogP contribution in [0.5, 0.6) is 0 Å². The SMILES string of the molecule is N[C@@H](C[Se]CC(=O)O)C(=O)O. The third-order valence-corrected chi connectivity index (χ3v) is 3.03. The Bertz CT molecular complexity index is 161. The molecule has 64 valence electrons. The van der Waals surface area contributed by atoms with Crippen molar-refractivity contribution in [2.75, 3.05) is 0 Å². The molecule has 4 N–H and O–H groups in total. The summed E-state index contributed by atoms with van der Waals surface area (Å²) in [6.45, 7) is 0. The van der Waals surface area contributed by atoms with Crippen LogP contribution in [0.1, 0.15) is 0 Å². The van der Waals surface area contributed by atoms with Gasteiger partial charge in [-0.25, -0.2) is 0 Å². The first-order chi connectivity index (χ1) is 5.04. The minimum atomic E-state index is -1.07. The molecule has 0 spiro atoms. The maximum atomic E-state index is 10.1. The average molecular weight is 226 g/mol. The topological polar surface area (TPSA) is 101 Å². The van der Waals surface area contributed by atoms with Crippen LogP contribution in [-0.2, 0) is 9.59 Å². The van der Waals surface area contributed by atoms with E-state index in [1.165, 1.54) is 0 Å². The standard InChI is InChI=1S/C5H9NO4Se/c6-3(5(9)10)1-11-2-4(7)8/h3H,1-2,6H2,(H,7,8)(H,9,10)/t3-/m0/s1. The summed E-state index contributed by atoms with van der Waals surface area (Å²) in [5.41, 5.74) is 5.13. The van der Waals surface area contributed by atoms with Gasteiger partial charge >= 0.3 is 69.1 Å². The van der Waals surface area contributed by atoms with E-state index in [2.05, 4.69) is 0 Å². The zero-order valence-electron chi connectivity index (χ0n) is 5.69. The molecule has 0 aliphatic heterocycles. The third-order valence-electron chi connectivity index (χ3n) is 0.840. The maximum absolute atomic E-state index is 10.1. The molecule has 0 aliphatic carbocycles. The van der Waals surface area contributed by atoms with Crippen molar-refractivity contribution in [1.82, 2.24) is 0 Å². The Hall–Kier alpha value is -0.581. The van der Waals surface area contributed by atoms with Gasteiger partial charge in [-0.05, 0) is 0 Å². The number of carbonyl (C=O) groups is 2. The minimum absolute atomic E-state index is 0.0357. The van der Waals surface area contributed by atoms with Gasteiger partial charge in [0.2, 0.25) is 0 Å². The van der Waals surface area contributed by atoms with Crippen LogP contribution in [0.25, 0.3) is 0 Å². The molecule has 0 saturated heterocycles. The second kappa shape index (κ2) is 5.12. The van der Waals surface area contributed by atoms with Gasteiger partial charge in [-0.2, -0.15) is 0 Å². The van der Waals surface area contributed by atoms with Crippen LogP contribution in [0.15, 0.2) is 0 Å². The first-order valence-corrected chi connectivity index (χ1v) is 5.24. The van der Waals surface area contributed by atoms with E-state index in [0.29, 0.717) is 0 Å². The van der Waals surface area contributed by atoms with Crippen LogP contribution in [0.2, 0.25) is 10.6 Å². The molecular formula is C5H9NO4Se. The molecule has 0 heterocycles. The number of hydrogen-bond donors (Lipinski definition) is 3. The van der Waals surface area contributed by atoms with Crippen molar-refractivity contribution in [3.8, 4) is 0 Å². The summed E-state index contributed by atoms with van der Waals surface area (Å²) in [7, 11) is 0. The van der Waals surface area contributed by atoms with Gasteiger partial charge in [0.15, 0.2) is 0 Å². The van der Waals surface area contributed by atoms with Crippen LogP contribution in [0.3, 0.4) is 0 Å². The Morgan fingerprint density at radius 1 is 1.45 bits per heavy atom. The predicted molar refractivity (Wildman–Crippen MR) is 38.6 cm³/mol. The van der Waals surface area contributed by atoms with E-state index >= 15 is 0 Å². The Morgan fingerprint density at radius 2 is 2.00 bits per heavy atom. The van der Waals surface area contributed by atoms with E-state index in [1.807, 2.05) is 0 Å². The van der Waals surface area contributed by atoms with Crippen molar-refractivity contribution in [3.05, 3.63) is 0 Å². The fraction of sp³-hybridized carbons (Fsp3) is 0.600. The molecule has 0 aliphatic rings. The van der Waals surface area contributed by atoms with Crippen molar-refractivity contribution in [2.45, 2.75) is 16.7 Å². The van der Waals surface area contributed by atoms with Crippen molar-refractivity contribution < 1.29 is 19.8 Å². The molecule has 0 radical (unpaired) electrons. The molecule has 11 heavy (non-hydrogen) atoms. The third kappa shape index (κ3) is 5.84. The average Bonchev–Trinajstić information content (AvgIpc) is 1.86. The molecule has 0 saturated carbocycles. The first-order valence-electron chi connectivity index (χ1n) is 2.82. The Kier molecular flexibility index (Phi) is 4.85. The van der Waals surface area contributed by atoms with Gasteiger partial charge in [-0.3, -0.25) is 0 Å². The van der Waals surface area contributed by atoms with Crippen molar-refractivity contribution in [3.63, 3.8) is 0 Å². The van der Waals surface area contributed by atoms with Crippen LogP contribution < -0.4 is 5.73 Å². The first kappa shape index (κ1) is 10.4. The summed E-state index contributed by atoms with van der Waals surface area (Å²) in [5.74, 6) is -1.97. The van der Waals surface area contributed by atoms with Gasteiger partial charge in [-0.1, -0.05) is 0 Å². The monoisotopic (exact) mass is 227 g/mol. The molecule has 5 nitrogen and oxygen atoms in total. The number of nitrogens with two attached hydrogens (primary N) is 1. The normalized spacial score (nSPS) is 12.5. The van der Waals surface area contributed by atoms with Gasteiger partial charge in [0.1, 0.15) is 0 Å². The summed E-state index contributed by atoms with van der Waals surface area (Å²) in [5, 5.41) is 16.8. The van der Waals surface area contributed by atoms with Gasteiger partial charge in [-0.15, -0.1) is 0 Å². The zero-order valence-corrected chi connectivity index (χ0v) is 7.40. The summed E-state index contributed by atoms with van der Waals surface area (Å²) in [4.78, 5) is 20.1. The molecule has 0 aromatic rings. The summed E-state index contributed by atoms with van der Waals surface area (Å²) in [6.07, 6.45) is 0. The van der Waals surface area contributed by atoms with Gasteiger partial charge in [0, 0.05) is 0 Å². The quantitative estimate of drug-likeness (QED) is 0.523. The molecule has 0 bridgehead atoms. The Balaban J connectivity index is 3.39. The second-order valence-corrected chi connectivity index (χ2v) is 4.02. The summed E-state index contributed by atoms with van der Waals surface area (Å²) < 4.78 is 0. The number of carboxylic acid groups (broad SMARTS) is 2. The summed E-state index contributed by atoms with van der Waals surface area (Å²) >= 11 is -0.205.